The molecule has 0 aromatic rings. The van der Waals surface area contributed by atoms with Gasteiger partial charge < -0.3 is 9.84 Å². The monoisotopic (exact) mass is 251 g/mol. The number of carboxylic acids is 1. The van der Waals surface area contributed by atoms with E-state index in [0.717, 1.165) is 0 Å². The fourth-order valence-electron chi connectivity index (χ4n) is 1.67. The van der Waals surface area contributed by atoms with E-state index in [0.29, 0.717) is 26.1 Å². The summed E-state index contributed by atoms with van der Waals surface area (Å²) in [5.41, 5.74) is 0. The van der Waals surface area contributed by atoms with Crippen LogP contribution >= 0.6 is 0 Å². The number of hydrogen-bond acceptors (Lipinski definition) is 4. The van der Waals surface area contributed by atoms with E-state index in [1.165, 1.54) is 0 Å². The fraction of sp³-hybridized carbons (Fsp3) is 0.889. The molecule has 1 rings (SSSR count). The third kappa shape index (κ3) is 4.07. The lowest BCUT2D eigenvalue weighted by Crippen LogP contribution is -2.42. The van der Waals surface area contributed by atoms with E-state index in [-0.39, 0.29) is 6.42 Å². The summed E-state index contributed by atoms with van der Waals surface area (Å²) in [5.74, 6) is -1.01. The van der Waals surface area contributed by atoms with Crippen LogP contribution in [0.25, 0.3) is 0 Å². The van der Waals surface area contributed by atoms with E-state index in [9.17, 15) is 13.2 Å². The third-order valence-electron chi connectivity index (χ3n) is 2.45. The Labute approximate surface area is 95.0 Å². The van der Waals surface area contributed by atoms with Gasteiger partial charge in [0.1, 0.15) is 0 Å². The molecule has 1 saturated heterocycles. The molecule has 0 radical (unpaired) electrons. The summed E-state index contributed by atoms with van der Waals surface area (Å²) in [6, 6.07) is -0.578. The van der Waals surface area contributed by atoms with Gasteiger partial charge in [0.15, 0.2) is 0 Å². The van der Waals surface area contributed by atoms with Crippen molar-refractivity contribution in [3.8, 4) is 0 Å². The van der Waals surface area contributed by atoms with E-state index in [1.54, 1.807) is 6.92 Å². The summed E-state index contributed by atoms with van der Waals surface area (Å²) >= 11 is 0. The van der Waals surface area contributed by atoms with Crippen molar-refractivity contribution in [1.29, 1.82) is 0 Å². The molecule has 0 saturated carbocycles. The standard InChI is InChI=1S/C9H17NO5S/c1-7(6-9(11)12)10-16(13,14)8-2-4-15-5-3-8/h7-8,10H,2-6H2,1H3,(H,11,12). The normalized spacial score (nSPS) is 20.6. The van der Waals surface area contributed by atoms with Crippen molar-refractivity contribution in [3.05, 3.63) is 0 Å². The Bertz CT molecular complexity index is 334. The third-order valence-corrected chi connectivity index (χ3v) is 4.53. The van der Waals surface area contributed by atoms with Gasteiger partial charge >= 0.3 is 5.97 Å². The zero-order valence-corrected chi connectivity index (χ0v) is 10.00. The Morgan fingerprint density at radius 3 is 2.56 bits per heavy atom. The van der Waals surface area contributed by atoms with Gasteiger partial charge in [0, 0.05) is 19.3 Å². The Morgan fingerprint density at radius 1 is 1.50 bits per heavy atom. The number of sulfonamides is 1. The van der Waals surface area contributed by atoms with Crippen LogP contribution in [-0.2, 0) is 19.6 Å². The predicted octanol–water partition coefficient (Wildman–Crippen LogP) is -0.0520. The van der Waals surface area contributed by atoms with Crippen LogP contribution in [0.3, 0.4) is 0 Å². The fourth-order valence-corrected chi connectivity index (χ4v) is 3.32. The van der Waals surface area contributed by atoms with E-state index in [4.69, 9.17) is 9.84 Å². The molecular formula is C9H17NO5S. The molecule has 1 fully saturated rings. The van der Waals surface area contributed by atoms with Crippen molar-refractivity contribution < 1.29 is 23.1 Å². The van der Waals surface area contributed by atoms with Crippen LogP contribution in [0, 0.1) is 0 Å². The van der Waals surface area contributed by atoms with Gasteiger partial charge in [-0.05, 0) is 19.8 Å². The number of carbonyl (C=O) groups is 1. The summed E-state index contributed by atoms with van der Waals surface area (Å²) in [7, 11) is -3.42. The maximum atomic E-state index is 11.8. The molecule has 7 heteroatoms. The van der Waals surface area contributed by atoms with Gasteiger partial charge in [-0.3, -0.25) is 4.79 Å². The maximum absolute atomic E-state index is 11.8. The molecule has 1 heterocycles. The minimum atomic E-state index is -3.42. The van der Waals surface area contributed by atoms with Gasteiger partial charge in [-0.15, -0.1) is 0 Å². The lowest BCUT2D eigenvalue weighted by Gasteiger charge is -2.24. The molecule has 0 spiro atoms. The topological polar surface area (TPSA) is 92.7 Å². The van der Waals surface area contributed by atoms with Gasteiger partial charge in [-0.25, -0.2) is 13.1 Å². The second-order valence-corrected chi connectivity index (χ2v) is 5.97. The highest BCUT2D eigenvalue weighted by Gasteiger charge is 2.29. The first kappa shape index (κ1) is 13.4. The van der Waals surface area contributed by atoms with Crippen LogP contribution in [0.1, 0.15) is 26.2 Å². The maximum Gasteiger partial charge on any atom is 0.304 e. The number of aliphatic carboxylic acids is 1. The molecule has 1 aliphatic rings. The quantitative estimate of drug-likeness (QED) is 0.714. The Hall–Kier alpha value is -0.660. The van der Waals surface area contributed by atoms with Gasteiger partial charge in [0.25, 0.3) is 0 Å². The van der Waals surface area contributed by atoms with Gasteiger partial charge in [0.05, 0.1) is 11.7 Å². The largest absolute Gasteiger partial charge is 0.481 e. The van der Waals surface area contributed by atoms with E-state index >= 15 is 0 Å². The molecule has 1 unspecified atom stereocenters. The molecule has 1 aliphatic heterocycles. The lowest BCUT2D eigenvalue weighted by molar-refractivity contribution is -0.137. The van der Waals surface area contributed by atoms with E-state index in [2.05, 4.69) is 4.72 Å². The first-order valence-electron chi connectivity index (χ1n) is 5.22. The van der Waals surface area contributed by atoms with Crippen molar-refractivity contribution in [2.45, 2.75) is 37.5 Å². The molecule has 2 N–H and O–H groups in total. The van der Waals surface area contributed by atoms with Crippen LogP contribution in [0.5, 0.6) is 0 Å². The number of ether oxygens (including phenoxy) is 1. The van der Waals surface area contributed by atoms with Crippen molar-refractivity contribution in [2.24, 2.45) is 0 Å². The van der Waals surface area contributed by atoms with Crippen LogP contribution in [0.4, 0.5) is 0 Å². The highest BCUT2D eigenvalue weighted by molar-refractivity contribution is 7.90. The van der Waals surface area contributed by atoms with E-state index in [1.807, 2.05) is 0 Å². The molecule has 0 bridgehead atoms. The number of rotatable bonds is 5. The number of carboxylic acid groups (broad SMARTS) is 1. The smallest absolute Gasteiger partial charge is 0.304 e. The zero-order valence-electron chi connectivity index (χ0n) is 9.18. The first-order chi connectivity index (χ1) is 7.42. The Morgan fingerprint density at radius 2 is 2.06 bits per heavy atom. The molecular weight excluding hydrogens is 234 g/mol. The minimum Gasteiger partial charge on any atom is -0.481 e. The molecule has 6 nitrogen and oxygen atoms in total. The highest BCUT2D eigenvalue weighted by atomic mass is 32.2. The van der Waals surface area contributed by atoms with Gasteiger partial charge in [-0.2, -0.15) is 0 Å². The average molecular weight is 251 g/mol. The molecule has 1 atom stereocenters. The van der Waals surface area contributed by atoms with E-state index < -0.39 is 27.3 Å². The molecule has 16 heavy (non-hydrogen) atoms. The summed E-state index contributed by atoms with van der Waals surface area (Å²) in [6.45, 7) is 2.43. The molecule has 0 aromatic heterocycles. The summed E-state index contributed by atoms with van der Waals surface area (Å²) in [6.07, 6.45) is 0.729. The van der Waals surface area contributed by atoms with Gasteiger partial charge in [-0.1, -0.05) is 0 Å². The minimum absolute atomic E-state index is 0.206. The van der Waals surface area contributed by atoms with Crippen molar-refractivity contribution in [3.63, 3.8) is 0 Å². The predicted molar refractivity (Wildman–Crippen MR) is 57.6 cm³/mol. The number of hydrogen-bond donors (Lipinski definition) is 2. The second kappa shape index (κ2) is 5.60. The SMILES string of the molecule is CC(CC(=O)O)NS(=O)(=O)C1CCOCC1. The summed E-state index contributed by atoms with van der Waals surface area (Å²) in [4.78, 5) is 10.4. The summed E-state index contributed by atoms with van der Waals surface area (Å²) < 4.78 is 31.1. The molecule has 0 amide bonds. The lowest BCUT2D eigenvalue weighted by atomic mass is 10.2. The molecule has 0 aromatic carbocycles. The van der Waals surface area contributed by atoms with Crippen LogP contribution < -0.4 is 4.72 Å². The van der Waals surface area contributed by atoms with Crippen LogP contribution in [-0.4, -0.2) is 44.0 Å². The summed E-state index contributed by atoms with van der Waals surface area (Å²) in [5, 5.41) is 8.08. The van der Waals surface area contributed by atoms with Crippen LogP contribution in [0.15, 0.2) is 0 Å². The highest BCUT2D eigenvalue weighted by Crippen LogP contribution is 2.15. The van der Waals surface area contributed by atoms with Crippen molar-refractivity contribution in [1.82, 2.24) is 4.72 Å². The first-order valence-corrected chi connectivity index (χ1v) is 6.77. The second-order valence-electron chi connectivity index (χ2n) is 3.97. The average Bonchev–Trinajstić information content (AvgIpc) is 2.16. The number of nitrogens with one attached hydrogen (secondary N) is 1. The van der Waals surface area contributed by atoms with Gasteiger partial charge in [0.2, 0.25) is 10.0 Å². The molecule has 94 valence electrons. The zero-order chi connectivity index (χ0) is 12.2. The van der Waals surface area contributed by atoms with Crippen molar-refractivity contribution in [2.75, 3.05) is 13.2 Å². The molecule has 0 aliphatic carbocycles. The van der Waals surface area contributed by atoms with Crippen LogP contribution in [0.2, 0.25) is 0 Å². The van der Waals surface area contributed by atoms with Crippen molar-refractivity contribution >= 4 is 16.0 Å². The Kier molecular flexibility index (Phi) is 4.69. The Balaban J connectivity index is 2.53.